The molecule has 0 atom stereocenters. The number of nitrogens with zero attached hydrogens (tertiary/aromatic N) is 1. The maximum Gasteiger partial charge on any atom is 0.223 e. The number of carbonyl (C=O) groups excluding carboxylic acids is 1. The molecule has 2 saturated carbocycles. The van der Waals surface area contributed by atoms with Crippen molar-refractivity contribution in [2.75, 3.05) is 19.7 Å². The molecule has 18 heavy (non-hydrogen) atoms. The summed E-state index contributed by atoms with van der Waals surface area (Å²) in [6.45, 7) is 2.27. The third-order valence-electron chi connectivity index (χ3n) is 4.70. The fourth-order valence-electron chi connectivity index (χ4n) is 3.22. The monoisotopic (exact) mass is 252 g/mol. The summed E-state index contributed by atoms with van der Waals surface area (Å²) in [5.74, 6) is 1.02. The van der Waals surface area contributed by atoms with Crippen LogP contribution in [0.3, 0.4) is 0 Å². The van der Waals surface area contributed by atoms with Crippen LogP contribution in [-0.2, 0) is 9.53 Å². The zero-order valence-electron chi connectivity index (χ0n) is 11.1. The summed E-state index contributed by atoms with van der Waals surface area (Å²) in [7, 11) is 0. The Labute approximate surface area is 109 Å². The van der Waals surface area contributed by atoms with E-state index in [1.54, 1.807) is 0 Å². The summed E-state index contributed by atoms with van der Waals surface area (Å²) in [5.41, 5.74) is 5.88. The van der Waals surface area contributed by atoms with Gasteiger partial charge in [0, 0.05) is 25.6 Å². The Morgan fingerprint density at radius 1 is 1.28 bits per heavy atom. The molecule has 2 aliphatic carbocycles. The van der Waals surface area contributed by atoms with Crippen molar-refractivity contribution in [2.45, 2.75) is 56.6 Å². The van der Waals surface area contributed by atoms with Crippen LogP contribution in [0, 0.1) is 5.92 Å². The lowest BCUT2D eigenvalue weighted by Gasteiger charge is -2.46. The van der Waals surface area contributed by atoms with E-state index in [2.05, 4.69) is 0 Å². The SMILES string of the molecule is NC1CCC2(CC1)CN(C(=O)CC1CC1)CCO2. The minimum atomic E-state index is -0.0761. The molecular formula is C14H24N2O2. The van der Waals surface area contributed by atoms with Crippen LogP contribution < -0.4 is 5.73 Å². The lowest BCUT2D eigenvalue weighted by Crippen LogP contribution is -2.56. The summed E-state index contributed by atoms with van der Waals surface area (Å²) in [5, 5.41) is 0. The summed E-state index contributed by atoms with van der Waals surface area (Å²) in [4.78, 5) is 14.2. The first-order valence-corrected chi connectivity index (χ1v) is 7.34. The first-order valence-electron chi connectivity index (χ1n) is 7.34. The number of amides is 1. The van der Waals surface area contributed by atoms with E-state index in [1.807, 2.05) is 4.90 Å². The first-order chi connectivity index (χ1) is 8.67. The Kier molecular flexibility index (Phi) is 3.32. The third-order valence-corrected chi connectivity index (χ3v) is 4.70. The van der Waals surface area contributed by atoms with Gasteiger partial charge in [-0.15, -0.1) is 0 Å². The van der Waals surface area contributed by atoms with Crippen LogP contribution >= 0.6 is 0 Å². The average Bonchev–Trinajstić information content (AvgIpc) is 3.18. The van der Waals surface area contributed by atoms with Crippen LogP contribution in [0.4, 0.5) is 0 Å². The minimum Gasteiger partial charge on any atom is -0.371 e. The van der Waals surface area contributed by atoms with Gasteiger partial charge in [-0.2, -0.15) is 0 Å². The zero-order chi connectivity index (χ0) is 12.6. The molecule has 0 bridgehead atoms. The summed E-state index contributed by atoms with van der Waals surface area (Å²) >= 11 is 0. The quantitative estimate of drug-likeness (QED) is 0.805. The van der Waals surface area contributed by atoms with Crippen LogP contribution in [0.1, 0.15) is 44.9 Å². The molecule has 1 saturated heterocycles. The van der Waals surface area contributed by atoms with Crippen LogP contribution in [0.25, 0.3) is 0 Å². The molecule has 4 nitrogen and oxygen atoms in total. The largest absolute Gasteiger partial charge is 0.371 e. The number of rotatable bonds is 2. The molecule has 3 fully saturated rings. The zero-order valence-corrected chi connectivity index (χ0v) is 11.1. The van der Waals surface area contributed by atoms with Gasteiger partial charge in [0.2, 0.25) is 5.91 Å². The number of carbonyl (C=O) groups is 1. The molecule has 1 spiro atoms. The van der Waals surface area contributed by atoms with Crippen molar-refractivity contribution in [2.24, 2.45) is 11.7 Å². The molecule has 0 unspecified atom stereocenters. The van der Waals surface area contributed by atoms with E-state index in [4.69, 9.17) is 10.5 Å². The molecule has 0 aromatic rings. The van der Waals surface area contributed by atoms with Gasteiger partial charge in [0.25, 0.3) is 0 Å². The van der Waals surface area contributed by atoms with Gasteiger partial charge in [-0.3, -0.25) is 4.79 Å². The van der Waals surface area contributed by atoms with Crippen molar-refractivity contribution < 1.29 is 9.53 Å². The lowest BCUT2D eigenvalue weighted by atomic mass is 9.81. The highest BCUT2D eigenvalue weighted by Gasteiger charge is 2.41. The van der Waals surface area contributed by atoms with Crippen LogP contribution in [0.5, 0.6) is 0 Å². The van der Waals surface area contributed by atoms with E-state index >= 15 is 0 Å². The van der Waals surface area contributed by atoms with E-state index in [0.29, 0.717) is 24.5 Å². The molecule has 3 rings (SSSR count). The second-order valence-corrected chi connectivity index (χ2v) is 6.33. The molecule has 102 valence electrons. The number of morpholine rings is 1. The van der Waals surface area contributed by atoms with E-state index < -0.39 is 0 Å². The van der Waals surface area contributed by atoms with Gasteiger partial charge in [-0.05, 0) is 44.4 Å². The van der Waals surface area contributed by atoms with Gasteiger partial charge in [-0.1, -0.05) is 0 Å². The van der Waals surface area contributed by atoms with Crippen molar-refractivity contribution in [1.29, 1.82) is 0 Å². The molecule has 1 amide bonds. The molecule has 4 heteroatoms. The molecule has 3 aliphatic rings. The molecule has 0 aromatic heterocycles. The van der Waals surface area contributed by atoms with Crippen LogP contribution in [0.2, 0.25) is 0 Å². The highest BCUT2D eigenvalue weighted by atomic mass is 16.5. The van der Waals surface area contributed by atoms with Gasteiger partial charge in [-0.25, -0.2) is 0 Å². The fourth-order valence-corrected chi connectivity index (χ4v) is 3.22. The molecule has 1 heterocycles. The number of hydrogen-bond donors (Lipinski definition) is 1. The van der Waals surface area contributed by atoms with E-state index in [-0.39, 0.29) is 5.60 Å². The Bertz CT molecular complexity index is 320. The maximum absolute atomic E-state index is 12.2. The predicted molar refractivity (Wildman–Crippen MR) is 69.0 cm³/mol. The molecule has 2 N–H and O–H groups in total. The Morgan fingerprint density at radius 2 is 2.00 bits per heavy atom. The Balaban J connectivity index is 1.58. The average molecular weight is 252 g/mol. The third kappa shape index (κ3) is 2.69. The molecule has 0 aromatic carbocycles. The second-order valence-electron chi connectivity index (χ2n) is 6.33. The van der Waals surface area contributed by atoms with E-state index in [1.165, 1.54) is 12.8 Å². The highest BCUT2D eigenvalue weighted by molar-refractivity contribution is 5.77. The number of ether oxygens (including phenoxy) is 1. The smallest absolute Gasteiger partial charge is 0.223 e. The number of hydrogen-bond acceptors (Lipinski definition) is 3. The van der Waals surface area contributed by atoms with Crippen LogP contribution in [0.15, 0.2) is 0 Å². The van der Waals surface area contributed by atoms with Crippen LogP contribution in [-0.4, -0.2) is 42.1 Å². The van der Waals surface area contributed by atoms with Gasteiger partial charge < -0.3 is 15.4 Å². The topological polar surface area (TPSA) is 55.6 Å². The summed E-state index contributed by atoms with van der Waals surface area (Å²) in [6, 6.07) is 0.330. The van der Waals surface area contributed by atoms with E-state index in [9.17, 15) is 4.79 Å². The Hall–Kier alpha value is -0.610. The standard InChI is InChI=1S/C14H24N2O2/c15-12-3-5-14(6-4-12)10-16(7-8-18-14)13(17)9-11-1-2-11/h11-12H,1-10,15H2. The Morgan fingerprint density at radius 3 is 2.67 bits per heavy atom. The number of nitrogens with two attached hydrogens (primary N) is 1. The van der Waals surface area contributed by atoms with Crippen molar-refractivity contribution >= 4 is 5.91 Å². The van der Waals surface area contributed by atoms with Crippen molar-refractivity contribution in [1.82, 2.24) is 4.90 Å². The maximum atomic E-state index is 12.2. The van der Waals surface area contributed by atoms with Crippen molar-refractivity contribution in [3.05, 3.63) is 0 Å². The minimum absolute atomic E-state index is 0.0761. The summed E-state index contributed by atoms with van der Waals surface area (Å²) < 4.78 is 6.01. The van der Waals surface area contributed by atoms with Gasteiger partial charge >= 0.3 is 0 Å². The highest BCUT2D eigenvalue weighted by Crippen LogP contribution is 2.36. The lowest BCUT2D eigenvalue weighted by molar-refractivity contribution is -0.157. The normalized spacial score (nSPS) is 36.9. The predicted octanol–water partition coefficient (Wildman–Crippen LogP) is 1.29. The van der Waals surface area contributed by atoms with Crippen molar-refractivity contribution in [3.63, 3.8) is 0 Å². The van der Waals surface area contributed by atoms with Crippen molar-refractivity contribution in [3.8, 4) is 0 Å². The molecule has 1 aliphatic heterocycles. The van der Waals surface area contributed by atoms with Gasteiger partial charge in [0.05, 0.1) is 12.2 Å². The summed E-state index contributed by atoms with van der Waals surface area (Å²) in [6.07, 6.45) is 7.35. The molecule has 0 radical (unpaired) electrons. The first kappa shape index (κ1) is 12.4. The molecular weight excluding hydrogens is 228 g/mol. The van der Waals surface area contributed by atoms with Gasteiger partial charge in [0.1, 0.15) is 0 Å². The second kappa shape index (κ2) is 4.82. The fraction of sp³-hybridized carbons (Fsp3) is 0.929. The van der Waals surface area contributed by atoms with E-state index in [0.717, 1.165) is 45.2 Å². The van der Waals surface area contributed by atoms with Gasteiger partial charge in [0.15, 0.2) is 0 Å².